The summed E-state index contributed by atoms with van der Waals surface area (Å²) in [6, 6.07) is 2.29. The summed E-state index contributed by atoms with van der Waals surface area (Å²) in [6.45, 7) is 4.32. The van der Waals surface area contributed by atoms with Gasteiger partial charge in [-0.05, 0) is 32.9 Å². The Labute approximate surface area is 122 Å². The molecule has 0 aliphatic rings. The lowest BCUT2D eigenvalue weighted by Crippen LogP contribution is -2.48. The molecule has 0 fully saturated rings. The second-order valence-electron chi connectivity index (χ2n) is 5.27. The summed E-state index contributed by atoms with van der Waals surface area (Å²) in [7, 11) is -3.07. The van der Waals surface area contributed by atoms with Gasteiger partial charge in [-0.2, -0.15) is 4.31 Å². The van der Waals surface area contributed by atoms with E-state index in [1.165, 1.54) is 27.8 Å². The minimum Gasteiger partial charge on any atom is -0.478 e. The molecule has 0 saturated carbocycles. The fraction of sp³-hybridized carbons (Fsp3) is 0.462. The number of rotatable bonds is 5. The van der Waals surface area contributed by atoms with Crippen LogP contribution in [0.3, 0.4) is 0 Å². The van der Waals surface area contributed by atoms with Crippen LogP contribution in [0.2, 0.25) is 0 Å². The highest BCUT2D eigenvalue weighted by Gasteiger charge is 2.36. The van der Waals surface area contributed by atoms with Crippen LogP contribution < -0.4 is 0 Å². The van der Waals surface area contributed by atoms with E-state index in [1.54, 1.807) is 0 Å². The van der Waals surface area contributed by atoms with Crippen LogP contribution in [-0.2, 0) is 10.0 Å². The van der Waals surface area contributed by atoms with Gasteiger partial charge in [0.1, 0.15) is 4.90 Å². The first-order chi connectivity index (χ1) is 9.40. The molecule has 0 saturated heterocycles. The van der Waals surface area contributed by atoms with Crippen molar-refractivity contribution in [3.05, 3.63) is 29.6 Å². The van der Waals surface area contributed by atoms with Gasteiger partial charge in [0.2, 0.25) is 10.0 Å². The summed E-state index contributed by atoms with van der Waals surface area (Å²) >= 11 is 0. The predicted octanol–water partition coefficient (Wildman–Crippen LogP) is 1.30. The van der Waals surface area contributed by atoms with E-state index >= 15 is 0 Å². The lowest BCUT2D eigenvalue weighted by molar-refractivity contribution is 0.0223. The molecule has 0 heterocycles. The van der Waals surface area contributed by atoms with Gasteiger partial charge in [0.25, 0.3) is 0 Å². The van der Waals surface area contributed by atoms with E-state index in [4.69, 9.17) is 5.11 Å². The molecule has 1 atom stereocenters. The van der Waals surface area contributed by atoms with Gasteiger partial charge in [-0.3, -0.25) is 0 Å². The van der Waals surface area contributed by atoms with E-state index in [2.05, 4.69) is 0 Å². The number of nitrogens with zero attached hydrogens (tertiary/aromatic N) is 1. The first-order valence-electron chi connectivity index (χ1n) is 6.13. The fourth-order valence-corrected chi connectivity index (χ4v) is 3.25. The van der Waals surface area contributed by atoms with Crippen LogP contribution in [-0.4, -0.2) is 47.6 Å². The van der Waals surface area contributed by atoms with Crippen LogP contribution in [0.5, 0.6) is 0 Å². The van der Waals surface area contributed by atoms with E-state index < -0.39 is 43.9 Å². The lowest BCUT2D eigenvalue weighted by atomic mass is 10.0. The van der Waals surface area contributed by atoms with Crippen molar-refractivity contribution in [3.63, 3.8) is 0 Å². The molecule has 2 N–H and O–H groups in total. The fourth-order valence-electron chi connectivity index (χ4n) is 1.68. The van der Waals surface area contributed by atoms with Crippen molar-refractivity contribution in [2.75, 3.05) is 7.05 Å². The average Bonchev–Trinajstić information content (AvgIpc) is 2.35. The maximum atomic E-state index is 14.1. The number of carboxylic acid groups (broad SMARTS) is 1. The van der Waals surface area contributed by atoms with Crippen LogP contribution in [0.15, 0.2) is 23.1 Å². The largest absolute Gasteiger partial charge is 0.478 e. The van der Waals surface area contributed by atoms with Gasteiger partial charge in [0.05, 0.1) is 17.2 Å². The van der Waals surface area contributed by atoms with Gasteiger partial charge in [0.15, 0.2) is 5.82 Å². The van der Waals surface area contributed by atoms with E-state index in [-0.39, 0.29) is 0 Å². The molecule has 1 rings (SSSR count). The highest BCUT2D eigenvalue weighted by molar-refractivity contribution is 7.89. The Morgan fingerprint density at radius 3 is 2.33 bits per heavy atom. The summed E-state index contributed by atoms with van der Waals surface area (Å²) in [4.78, 5) is 10.1. The molecule has 8 heteroatoms. The molecule has 21 heavy (non-hydrogen) atoms. The van der Waals surface area contributed by atoms with Crippen molar-refractivity contribution in [2.24, 2.45) is 0 Å². The molecule has 0 aliphatic heterocycles. The average molecular weight is 319 g/mol. The van der Waals surface area contributed by atoms with E-state index in [0.29, 0.717) is 0 Å². The number of aromatic carboxylic acids is 1. The Balaban J connectivity index is 3.39. The van der Waals surface area contributed by atoms with Gasteiger partial charge in [0, 0.05) is 7.05 Å². The lowest BCUT2D eigenvalue weighted by Gasteiger charge is -2.33. The minimum atomic E-state index is -4.27. The van der Waals surface area contributed by atoms with Gasteiger partial charge in [-0.25, -0.2) is 17.6 Å². The summed E-state index contributed by atoms with van der Waals surface area (Å²) < 4.78 is 39.7. The normalized spacial score (nSPS) is 14.2. The van der Waals surface area contributed by atoms with Crippen LogP contribution in [0.25, 0.3) is 0 Å². The monoisotopic (exact) mass is 319 g/mol. The maximum Gasteiger partial charge on any atom is 0.338 e. The molecule has 6 nitrogen and oxygen atoms in total. The van der Waals surface area contributed by atoms with Gasteiger partial charge in [-0.1, -0.05) is 6.07 Å². The second kappa shape index (κ2) is 5.70. The van der Waals surface area contributed by atoms with Crippen molar-refractivity contribution >= 4 is 16.0 Å². The minimum absolute atomic E-state index is 0.722. The zero-order chi connectivity index (χ0) is 16.6. The number of sulfonamides is 1. The third kappa shape index (κ3) is 3.39. The molecule has 0 bridgehead atoms. The van der Waals surface area contributed by atoms with Crippen molar-refractivity contribution < 1.29 is 27.8 Å². The maximum absolute atomic E-state index is 14.1. The summed E-state index contributed by atoms with van der Waals surface area (Å²) in [6.07, 6.45) is 0. The highest BCUT2D eigenvalue weighted by Crippen LogP contribution is 2.25. The highest BCUT2D eigenvalue weighted by atomic mass is 32.2. The Hall–Kier alpha value is -1.51. The zero-order valence-electron chi connectivity index (χ0n) is 12.2. The SMILES string of the molecule is CC(N(C)S(=O)(=O)c1cccc(C(=O)O)c1F)C(C)(C)O. The number of likely N-dealkylation sites (N-methyl/N-ethyl adjacent to an activating group) is 1. The number of benzene rings is 1. The third-order valence-corrected chi connectivity index (χ3v) is 5.36. The first kappa shape index (κ1) is 17.5. The molecule has 0 amide bonds. The van der Waals surface area contributed by atoms with E-state index in [0.717, 1.165) is 22.5 Å². The molecule has 0 radical (unpaired) electrons. The van der Waals surface area contributed by atoms with E-state index in [9.17, 15) is 22.7 Å². The summed E-state index contributed by atoms with van der Waals surface area (Å²) in [5.74, 6) is -2.87. The topological polar surface area (TPSA) is 94.9 Å². The molecule has 1 aromatic rings. The molecule has 1 unspecified atom stereocenters. The van der Waals surface area contributed by atoms with Gasteiger partial charge >= 0.3 is 5.97 Å². The third-order valence-electron chi connectivity index (χ3n) is 3.42. The summed E-state index contributed by atoms with van der Waals surface area (Å²) in [5.41, 5.74) is -2.07. The van der Waals surface area contributed by atoms with Gasteiger partial charge in [-0.15, -0.1) is 0 Å². The Morgan fingerprint density at radius 2 is 1.90 bits per heavy atom. The number of hydrogen-bond donors (Lipinski definition) is 2. The number of hydrogen-bond acceptors (Lipinski definition) is 4. The quantitative estimate of drug-likeness (QED) is 0.853. The Morgan fingerprint density at radius 1 is 1.38 bits per heavy atom. The number of halogens is 1. The van der Waals surface area contributed by atoms with Crippen LogP contribution in [0.4, 0.5) is 4.39 Å². The van der Waals surface area contributed by atoms with Gasteiger partial charge < -0.3 is 10.2 Å². The predicted molar refractivity (Wildman–Crippen MR) is 74.1 cm³/mol. The first-order valence-corrected chi connectivity index (χ1v) is 7.57. The Kier molecular flexibility index (Phi) is 4.76. The second-order valence-corrected chi connectivity index (χ2v) is 7.24. The van der Waals surface area contributed by atoms with Crippen molar-refractivity contribution in [3.8, 4) is 0 Å². The number of carboxylic acids is 1. The summed E-state index contributed by atoms with van der Waals surface area (Å²) in [5, 5.41) is 18.7. The van der Waals surface area contributed by atoms with Crippen molar-refractivity contribution in [1.82, 2.24) is 4.31 Å². The van der Waals surface area contributed by atoms with E-state index in [1.807, 2.05) is 0 Å². The molecule has 1 aromatic carbocycles. The Bertz CT molecular complexity index is 651. The molecular weight excluding hydrogens is 301 g/mol. The molecule has 0 spiro atoms. The van der Waals surface area contributed by atoms with Crippen LogP contribution >= 0.6 is 0 Å². The zero-order valence-corrected chi connectivity index (χ0v) is 13.0. The number of aliphatic hydroxyl groups is 1. The molecule has 0 aliphatic carbocycles. The molecule has 0 aromatic heterocycles. The molecular formula is C13H18FNO5S. The van der Waals surface area contributed by atoms with Crippen molar-refractivity contribution in [2.45, 2.75) is 37.3 Å². The smallest absolute Gasteiger partial charge is 0.338 e. The molecule has 118 valence electrons. The van der Waals surface area contributed by atoms with Crippen LogP contribution in [0, 0.1) is 5.82 Å². The van der Waals surface area contributed by atoms with Crippen molar-refractivity contribution in [1.29, 1.82) is 0 Å². The number of carbonyl (C=O) groups is 1. The standard InChI is InChI=1S/C13H18FNO5S/c1-8(13(2,3)18)15(4)21(19,20)10-7-5-6-9(11(10)14)12(16)17/h5-8,18H,1-4H3,(H,16,17). The van der Waals surface area contributed by atoms with Crippen LogP contribution in [0.1, 0.15) is 31.1 Å².